The van der Waals surface area contributed by atoms with Crippen LogP contribution < -0.4 is 4.74 Å². The first kappa shape index (κ1) is 15.8. The minimum Gasteiger partial charge on any atom is -0.495 e. The zero-order valence-corrected chi connectivity index (χ0v) is 14.8. The third-order valence-electron chi connectivity index (χ3n) is 2.87. The first-order valence-electron chi connectivity index (χ1n) is 5.86. The van der Waals surface area contributed by atoms with Crippen molar-refractivity contribution in [1.29, 1.82) is 0 Å². The van der Waals surface area contributed by atoms with E-state index in [2.05, 4.69) is 31.9 Å². The molecule has 0 aromatic heterocycles. The van der Waals surface area contributed by atoms with Crippen molar-refractivity contribution in [2.75, 3.05) is 7.11 Å². The molecule has 5 heteroatoms. The Morgan fingerprint density at radius 1 is 1.20 bits per heavy atom. The fourth-order valence-electron chi connectivity index (χ4n) is 2.07. The Kier molecular flexibility index (Phi) is 5.10. The maximum atomic E-state index is 13.6. The second-order valence-electron chi connectivity index (χ2n) is 4.43. The van der Waals surface area contributed by atoms with Crippen LogP contribution in [0, 0.1) is 12.7 Å². The van der Waals surface area contributed by atoms with E-state index in [0.29, 0.717) is 10.8 Å². The summed E-state index contributed by atoms with van der Waals surface area (Å²) in [5.74, 6) is 0.419. The lowest BCUT2D eigenvalue weighted by atomic mass is 10.0. The van der Waals surface area contributed by atoms with Gasteiger partial charge in [0.15, 0.2) is 0 Å². The predicted octanol–water partition coefficient (Wildman–Crippen LogP) is 6.04. The van der Waals surface area contributed by atoms with Crippen molar-refractivity contribution in [1.82, 2.24) is 0 Å². The molecule has 2 rings (SSSR count). The number of hydrogen-bond acceptors (Lipinski definition) is 1. The molecule has 0 amide bonds. The maximum Gasteiger partial charge on any atom is 0.137 e. The molecule has 0 aliphatic heterocycles. The Hall–Kier alpha value is -0.580. The van der Waals surface area contributed by atoms with E-state index in [1.807, 2.05) is 19.1 Å². The van der Waals surface area contributed by atoms with Gasteiger partial charge in [-0.3, -0.25) is 0 Å². The zero-order valence-electron chi connectivity index (χ0n) is 10.9. The molecule has 0 N–H and O–H groups in total. The Balaban J connectivity index is 2.55. The SMILES string of the molecule is COc1c(Br)cc(Cl)cc1C(Br)c1cc(C)cc(F)c1. The molecule has 1 nitrogen and oxygen atoms in total. The fraction of sp³-hybridized carbons (Fsp3) is 0.200. The van der Waals surface area contributed by atoms with Gasteiger partial charge in [-0.25, -0.2) is 4.39 Å². The van der Waals surface area contributed by atoms with E-state index in [1.165, 1.54) is 12.1 Å². The summed E-state index contributed by atoms with van der Waals surface area (Å²) >= 11 is 13.1. The summed E-state index contributed by atoms with van der Waals surface area (Å²) in [5, 5.41) is 0.588. The van der Waals surface area contributed by atoms with Gasteiger partial charge in [0.05, 0.1) is 16.4 Å². The van der Waals surface area contributed by atoms with Crippen LogP contribution >= 0.6 is 43.5 Å². The predicted molar refractivity (Wildman–Crippen MR) is 87.6 cm³/mol. The number of hydrogen-bond donors (Lipinski definition) is 0. The average Bonchev–Trinajstić information content (AvgIpc) is 2.35. The highest BCUT2D eigenvalue weighted by Crippen LogP contribution is 2.42. The Bertz CT molecular complexity index is 626. The van der Waals surface area contributed by atoms with Crippen LogP contribution in [0.5, 0.6) is 5.75 Å². The summed E-state index contributed by atoms with van der Waals surface area (Å²) in [7, 11) is 1.59. The standard InChI is InChI=1S/C15H12Br2ClFO/c1-8-3-9(5-11(19)4-8)14(17)12-6-10(18)7-13(16)15(12)20-2/h3-7,14H,1-2H3. The summed E-state index contributed by atoms with van der Waals surface area (Å²) < 4.78 is 19.7. The molecule has 0 saturated carbocycles. The van der Waals surface area contributed by atoms with Crippen molar-refractivity contribution in [3.8, 4) is 5.75 Å². The van der Waals surface area contributed by atoms with E-state index in [9.17, 15) is 4.39 Å². The third kappa shape index (κ3) is 3.35. The number of methoxy groups -OCH3 is 1. The molecule has 0 radical (unpaired) electrons. The number of benzene rings is 2. The Labute approximate surface area is 139 Å². The normalized spacial score (nSPS) is 12.3. The van der Waals surface area contributed by atoms with Gasteiger partial charge in [0.25, 0.3) is 0 Å². The van der Waals surface area contributed by atoms with Crippen molar-refractivity contribution >= 4 is 43.5 Å². The number of aryl methyl sites for hydroxylation is 1. The first-order chi connectivity index (χ1) is 9.42. The summed E-state index contributed by atoms with van der Waals surface area (Å²) in [6, 6.07) is 8.50. The van der Waals surface area contributed by atoms with Gasteiger partial charge < -0.3 is 4.74 Å². The monoisotopic (exact) mass is 420 g/mol. The van der Waals surface area contributed by atoms with Crippen molar-refractivity contribution < 1.29 is 9.13 Å². The molecule has 0 fully saturated rings. The van der Waals surface area contributed by atoms with Gasteiger partial charge >= 0.3 is 0 Å². The second-order valence-corrected chi connectivity index (χ2v) is 6.64. The van der Waals surface area contributed by atoms with E-state index in [4.69, 9.17) is 16.3 Å². The number of halogens is 4. The lowest BCUT2D eigenvalue weighted by molar-refractivity contribution is 0.408. The van der Waals surface area contributed by atoms with Crippen molar-refractivity contribution in [3.63, 3.8) is 0 Å². The van der Waals surface area contributed by atoms with Crippen LogP contribution in [0.2, 0.25) is 5.02 Å². The highest BCUT2D eigenvalue weighted by atomic mass is 79.9. The lowest BCUT2D eigenvalue weighted by Crippen LogP contribution is -1.99. The maximum absolute atomic E-state index is 13.6. The molecule has 20 heavy (non-hydrogen) atoms. The molecule has 2 aromatic carbocycles. The summed E-state index contributed by atoms with van der Waals surface area (Å²) in [4.78, 5) is -0.207. The van der Waals surface area contributed by atoms with E-state index >= 15 is 0 Å². The molecule has 0 bridgehead atoms. The minimum absolute atomic E-state index is 0.207. The van der Waals surface area contributed by atoms with E-state index < -0.39 is 0 Å². The summed E-state index contributed by atoms with van der Waals surface area (Å²) in [6.45, 7) is 1.86. The van der Waals surface area contributed by atoms with Crippen molar-refractivity contribution in [3.05, 3.63) is 62.3 Å². The molecule has 2 aromatic rings. The van der Waals surface area contributed by atoms with Gasteiger partial charge in [-0.2, -0.15) is 0 Å². The Morgan fingerprint density at radius 2 is 1.90 bits per heavy atom. The smallest absolute Gasteiger partial charge is 0.137 e. The van der Waals surface area contributed by atoms with Crippen LogP contribution in [0.25, 0.3) is 0 Å². The minimum atomic E-state index is -0.260. The molecule has 0 aliphatic rings. The molecule has 1 atom stereocenters. The van der Waals surface area contributed by atoms with Gasteiger partial charge in [-0.05, 0) is 58.2 Å². The van der Waals surface area contributed by atoms with Gasteiger partial charge in [0.1, 0.15) is 11.6 Å². The lowest BCUT2D eigenvalue weighted by Gasteiger charge is -2.17. The van der Waals surface area contributed by atoms with Gasteiger partial charge in [0.2, 0.25) is 0 Å². The highest BCUT2D eigenvalue weighted by molar-refractivity contribution is 9.10. The van der Waals surface area contributed by atoms with E-state index in [-0.39, 0.29) is 10.6 Å². The molecule has 0 aliphatic carbocycles. The molecule has 106 valence electrons. The molecular formula is C15H12Br2ClFO. The van der Waals surface area contributed by atoms with Crippen LogP contribution in [0.1, 0.15) is 21.5 Å². The number of ether oxygens (including phenoxy) is 1. The molecular weight excluding hydrogens is 410 g/mol. The zero-order chi connectivity index (χ0) is 14.9. The molecule has 0 saturated heterocycles. The first-order valence-corrected chi connectivity index (χ1v) is 7.95. The molecule has 0 spiro atoms. The van der Waals surface area contributed by atoms with E-state index in [0.717, 1.165) is 21.2 Å². The van der Waals surface area contributed by atoms with Crippen LogP contribution in [-0.2, 0) is 0 Å². The van der Waals surface area contributed by atoms with Gasteiger partial charge in [0, 0.05) is 10.6 Å². The largest absolute Gasteiger partial charge is 0.495 e. The fourth-order valence-corrected chi connectivity index (χ4v) is 3.67. The summed E-state index contributed by atoms with van der Waals surface area (Å²) in [6.07, 6.45) is 0. The van der Waals surface area contributed by atoms with Crippen LogP contribution in [0.4, 0.5) is 4.39 Å². The van der Waals surface area contributed by atoms with Crippen LogP contribution in [-0.4, -0.2) is 7.11 Å². The Morgan fingerprint density at radius 3 is 2.50 bits per heavy atom. The van der Waals surface area contributed by atoms with E-state index in [1.54, 1.807) is 13.2 Å². The quantitative estimate of drug-likeness (QED) is 0.548. The average molecular weight is 423 g/mol. The van der Waals surface area contributed by atoms with Crippen molar-refractivity contribution in [2.24, 2.45) is 0 Å². The molecule has 0 heterocycles. The highest BCUT2D eigenvalue weighted by Gasteiger charge is 2.19. The number of alkyl halides is 1. The van der Waals surface area contributed by atoms with Crippen molar-refractivity contribution in [2.45, 2.75) is 11.8 Å². The number of rotatable bonds is 3. The molecule has 1 unspecified atom stereocenters. The van der Waals surface area contributed by atoms with Crippen LogP contribution in [0.15, 0.2) is 34.8 Å². The van der Waals surface area contributed by atoms with Gasteiger partial charge in [-0.15, -0.1) is 0 Å². The van der Waals surface area contributed by atoms with Gasteiger partial charge in [-0.1, -0.05) is 33.6 Å². The summed E-state index contributed by atoms with van der Waals surface area (Å²) in [5.41, 5.74) is 2.52. The topological polar surface area (TPSA) is 9.23 Å². The second kappa shape index (κ2) is 6.46. The van der Waals surface area contributed by atoms with Crippen LogP contribution in [0.3, 0.4) is 0 Å². The third-order valence-corrected chi connectivity index (χ3v) is 4.70.